The molecule has 0 amide bonds. The lowest BCUT2D eigenvalue weighted by Gasteiger charge is -2.17. The van der Waals surface area contributed by atoms with Crippen LogP contribution in [0, 0.1) is 6.92 Å². The third kappa shape index (κ3) is 2.90. The highest BCUT2D eigenvalue weighted by molar-refractivity contribution is 6.07. The van der Waals surface area contributed by atoms with Gasteiger partial charge in [0.05, 0.1) is 11.4 Å². The van der Waals surface area contributed by atoms with E-state index in [4.69, 9.17) is 4.98 Å². The second kappa shape index (κ2) is 6.81. The van der Waals surface area contributed by atoms with Crippen LogP contribution in [0.25, 0.3) is 44.1 Å². The highest BCUT2D eigenvalue weighted by Gasteiger charge is 2.30. The summed E-state index contributed by atoms with van der Waals surface area (Å²) in [6.45, 7) is 2.14. The quantitative estimate of drug-likeness (QED) is 0.288. The molecule has 1 nitrogen and oxygen atoms in total. The number of fused-ring (bicyclic) bond motifs is 2. The number of hydrogen-bond acceptors (Lipinski definition) is 1. The Kier molecular flexibility index (Phi) is 3.95. The summed E-state index contributed by atoms with van der Waals surface area (Å²) in [5.41, 5.74) is 7.33. The van der Waals surface area contributed by atoms with Crippen molar-refractivity contribution in [3.05, 3.63) is 102 Å². The Labute approximate surface area is 177 Å². The Balaban J connectivity index is 1.76. The lowest BCUT2D eigenvalue weighted by atomic mass is 9.91. The number of aromatic nitrogens is 1. The highest BCUT2D eigenvalue weighted by Crippen LogP contribution is 2.49. The van der Waals surface area contributed by atoms with Crippen LogP contribution < -0.4 is 0 Å². The fraction of sp³-hybridized carbons (Fsp3) is 0.138. The molecule has 1 aliphatic carbocycles. The van der Waals surface area contributed by atoms with Gasteiger partial charge in [0.2, 0.25) is 0 Å². The van der Waals surface area contributed by atoms with E-state index in [1.54, 1.807) is 0 Å². The van der Waals surface area contributed by atoms with Gasteiger partial charge >= 0.3 is 0 Å². The molecule has 0 aliphatic heterocycles. The SMILES string of the molecule is Cc1ccc(-c2nc(-c3ccccc3)c3cc4ccccc4cc3c2C2CC2)cc1. The van der Waals surface area contributed by atoms with Crippen LogP contribution in [0.2, 0.25) is 0 Å². The number of hydrogen-bond donors (Lipinski definition) is 0. The third-order valence-electron chi connectivity index (χ3n) is 6.27. The van der Waals surface area contributed by atoms with Crippen LogP contribution in [-0.4, -0.2) is 4.98 Å². The summed E-state index contributed by atoms with van der Waals surface area (Å²) in [7, 11) is 0. The average molecular weight is 386 g/mol. The number of benzene rings is 4. The van der Waals surface area contributed by atoms with Crippen molar-refractivity contribution in [1.82, 2.24) is 4.98 Å². The monoisotopic (exact) mass is 385 g/mol. The van der Waals surface area contributed by atoms with Crippen LogP contribution in [0.3, 0.4) is 0 Å². The molecule has 1 fully saturated rings. The summed E-state index contributed by atoms with van der Waals surface area (Å²) in [6, 6.07) is 32.9. The van der Waals surface area contributed by atoms with E-state index in [0.717, 1.165) is 11.4 Å². The van der Waals surface area contributed by atoms with Crippen LogP contribution in [0.4, 0.5) is 0 Å². The molecular formula is C29H23N. The minimum absolute atomic E-state index is 0.613. The lowest BCUT2D eigenvalue weighted by molar-refractivity contribution is 1.12. The van der Waals surface area contributed by atoms with Crippen molar-refractivity contribution in [3.8, 4) is 22.5 Å². The average Bonchev–Trinajstić information content (AvgIpc) is 3.63. The van der Waals surface area contributed by atoms with E-state index < -0.39 is 0 Å². The fourth-order valence-electron chi connectivity index (χ4n) is 4.55. The van der Waals surface area contributed by atoms with Gasteiger partial charge in [0.15, 0.2) is 0 Å². The molecule has 0 N–H and O–H groups in total. The number of rotatable bonds is 3. The van der Waals surface area contributed by atoms with Crippen LogP contribution in [0.15, 0.2) is 91.0 Å². The first-order valence-corrected chi connectivity index (χ1v) is 10.8. The highest BCUT2D eigenvalue weighted by atomic mass is 14.7. The molecule has 0 saturated heterocycles. The van der Waals surface area contributed by atoms with E-state index in [1.165, 1.54) is 56.6 Å². The molecule has 1 heterocycles. The molecule has 0 unspecified atom stereocenters. The molecule has 4 aromatic carbocycles. The molecule has 5 aromatic rings. The molecule has 30 heavy (non-hydrogen) atoms. The molecule has 0 radical (unpaired) electrons. The van der Waals surface area contributed by atoms with Crippen molar-refractivity contribution in [3.63, 3.8) is 0 Å². The maximum Gasteiger partial charge on any atom is 0.0788 e. The van der Waals surface area contributed by atoms with Crippen molar-refractivity contribution in [1.29, 1.82) is 0 Å². The van der Waals surface area contributed by atoms with Gasteiger partial charge in [0.25, 0.3) is 0 Å². The zero-order valence-electron chi connectivity index (χ0n) is 17.1. The molecule has 144 valence electrons. The normalized spacial score (nSPS) is 13.8. The first kappa shape index (κ1) is 17.4. The van der Waals surface area contributed by atoms with E-state index in [1.807, 2.05) is 0 Å². The van der Waals surface area contributed by atoms with E-state index >= 15 is 0 Å². The minimum Gasteiger partial charge on any atom is -0.247 e. The van der Waals surface area contributed by atoms with Gasteiger partial charge in [-0.3, -0.25) is 0 Å². The van der Waals surface area contributed by atoms with Gasteiger partial charge in [0.1, 0.15) is 0 Å². The maximum atomic E-state index is 5.34. The molecule has 1 heteroatoms. The maximum absolute atomic E-state index is 5.34. The molecule has 0 spiro atoms. The molecule has 1 saturated carbocycles. The lowest BCUT2D eigenvalue weighted by Crippen LogP contribution is -1.98. The molecule has 0 bridgehead atoms. The predicted octanol–water partition coefficient (Wildman–Crippen LogP) is 7.91. The second-order valence-corrected chi connectivity index (χ2v) is 8.47. The van der Waals surface area contributed by atoms with E-state index in [-0.39, 0.29) is 0 Å². The Bertz CT molecular complexity index is 1380. The summed E-state index contributed by atoms with van der Waals surface area (Å²) >= 11 is 0. The van der Waals surface area contributed by atoms with Gasteiger partial charge in [-0.25, -0.2) is 4.98 Å². The fourth-order valence-corrected chi connectivity index (χ4v) is 4.55. The van der Waals surface area contributed by atoms with Gasteiger partial charge < -0.3 is 0 Å². The summed E-state index contributed by atoms with van der Waals surface area (Å²) < 4.78 is 0. The number of aryl methyl sites for hydroxylation is 1. The van der Waals surface area contributed by atoms with Crippen molar-refractivity contribution in [2.24, 2.45) is 0 Å². The summed E-state index contributed by atoms with van der Waals surface area (Å²) in [6.07, 6.45) is 2.51. The molecular weight excluding hydrogens is 362 g/mol. The molecule has 1 aliphatic rings. The third-order valence-corrected chi connectivity index (χ3v) is 6.27. The van der Waals surface area contributed by atoms with Gasteiger partial charge in [0, 0.05) is 16.5 Å². The summed E-state index contributed by atoms with van der Waals surface area (Å²) in [5, 5.41) is 5.19. The van der Waals surface area contributed by atoms with Crippen LogP contribution in [0.1, 0.15) is 29.9 Å². The van der Waals surface area contributed by atoms with Gasteiger partial charge in [-0.1, -0.05) is 84.4 Å². The van der Waals surface area contributed by atoms with E-state index in [2.05, 4.69) is 97.9 Å². The second-order valence-electron chi connectivity index (χ2n) is 8.47. The molecule has 1 aromatic heterocycles. The topological polar surface area (TPSA) is 12.9 Å². The Hall–Kier alpha value is -3.45. The number of pyridine rings is 1. The zero-order chi connectivity index (χ0) is 20.1. The van der Waals surface area contributed by atoms with E-state index in [9.17, 15) is 0 Å². The standard InChI is InChI=1S/C29H23N/c1-19-11-13-22(14-12-19)29-27(20-15-16-20)25-17-23-9-5-6-10-24(23)18-26(25)28(30-29)21-7-3-2-4-8-21/h2-14,17-18,20H,15-16H2,1H3. The minimum atomic E-state index is 0.613. The Morgan fingerprint density at radius 2 is 1.23 bits per heavy atom. The number of nitrogens with zero attached hydrogens (tertiary/aromatic N) is 1. The molecule has 0 atom stereocenters. The zero-order valence-corrected chi connectivity index (χ0v) is 17.1. The van der Waals surface area contributed by atoms with Gasteiger partial charge in [-0.15, -0.1) is 0 Å². The van der Waals surface area contributed by atoms with Crippen LogP contribution in [-0.2, 0) is 0 Å². The summed E-state index contributed by atoms with van der Waals surface area (Å²) in [4.78, 5) is 5.34. The first-order chi connectivity index (χ1) is 14.8. The Morgan fingerprint density at radius 1 is 0.633 bits per heavy atom. The largest absolute Gasteiger partial charge is 0.247 e. The van der Waals surface area contributed by atoms with Gasteiger partial charge in [-0.05, 0) is 59.5 Å². The van der Waals surface area contributed by atoms with Crippen molar-refractivity contribution in [2.45, 2.75) is 25.7 Å². The summed E-state index contributed by atoms with van der Waals surface area (Å²) in [5.74, 6) is 0.613. The van der Waals surface area contributed by atoms with Crippen LogP contribution >= 0.6 is 0 Å². The van der Waals surface area contributed by atoms with Crippen molar-refractivity contribution in [2.75, 3.05) is 0 Å². The predicted molar refractivity (Wildman–Crippen MR) is 127 cm³/mol. The van der Waals surface area contributed by atoms with Crippen LogP contribution in [0.5, 0.6) is 0 Å². The Morgan fingerprint density at radius 3 is 1.90 bits per heavy atom. The van der Waals surface area contributed by atoms with Gasteiger partial charge in [-0.2, -0.15) is 0 Å². The van der Waals surface area contributed by atoms with Crippen molar-refractivity contribution < 1.29 is 0 Å². The molecule has 6 rings (SSSR count). The first-order valence-electron chi connectivity index (χ1n) is 10.8. The smallest absolute Gasteiger partial charge is 0.0788 e. The van der Waals surface area contributed by atoms with E-state index in [0.29, 0.717) is 5.92 Å². The van der Waals surface area contributed by atoms with Crippen molar-refractivity contribution >= 4 is 21.5 Å².